The third-order valence-corrected chi connectivity index (χ3v) is 5.78. The Morgan fingerprint density at radius 3 is 2.70 bits per heavy atom. The number of sulfonamides is 1. The van der Waals surface area contributed by atoms with Gasteiger partial charge in [0.1, 0.15) is 10.7 Å². The number of anilines is 1. The molecular formula is C13H20N4O2S. The highest BCUT2D eigenvalue weighted by Gasteiger charge is 2.36. The molecule has 3 aliphatic rings. The van der Waals surface area contributed by atoms with Crippen molar-refractivity contribution in [3.8, 4) is 0 Å². The maximum Gasteiger partial charge on any atom is 0.244 e. The van der Waals surface area contributed by atoms with Crippen molar-refractivity contribution in [2.24, 2.45) is 5.92 Å². The summed E-state index contributed by atoms with van der Waals surface area (Å²) in [6, 6.07) is 3.25. The number of fused-ring (bicyclic) bond motifs is 3. The average molecular weight is 296 g/mol. The molecule has 3 aliphatic heterocycles. The van der Waals surface area contributed by atoms with Gasteiger partial charge in [-0.15, -0.1) is 0 Å². The Hall–Kier alpha value is -1.18. The van der Waals surface area contributed by atoms with E-state index in [-0.39, 0.29) is 10.9 Å². The molecule has 0 spiro atoms. The minimum Gasteiger partial charge on any atom is -0.372 e. The minimum atomic E-state index is -3.53. The van der Waals surface area contributed by atoms with Gasteiger partial charge in [-0.1, -0.05) is 0 Å². The van der Waals surface area contributed by atoms with E-state index in [0.717, 1.165) is 32.5 Å². The normalized spacial score (nSPS) is 29.4. The van der Waals surface area contributed by atoms with Crippen LogP contribution in [0, 0.1) is 5.92 Å². The Balaban J connectivity index is 1.82. The quantitative estimate of drug-likeness (QED) is 0.846. The molecular weight excluding hydrogens is 276 g/mol. The molecule has 0 aromatic carbocycles. The van der Waals surface area contributed by atoms with Crippen LogP contribution in [0.3, 0.4) is 0 Å². The van der Waals surface area contributed by atoms with E-state index in [4.69, 9.17) is 0 Å². The van der Waals surface area contributed by atoms with Gasteiger partial charge in [0.2, 0.25) is 10.0 Å². The SMILES string of the molecule is CNc1ncccc1S(=O)(=O)NC1CN2CCC1CC2. The summed E-state index contributed by atoms with van der Waals surface area (Å²) in [4.78, 5) is 6.61. The Morgan fingerprint density at radius 2 is 2.10 bits per heavy atom. The van der Waals surface area contributed by atoms with Crippen LogP contribution >= 0.6 is 0 Å². The van der Waals surface area contributed by atoms with Gasteiger partial charge in [0.25, 0.3) is 0 Å². The van der Waals surface area contributed by atoms with E-state index in [9.17, 15) is 8.42 Å². The van der Waals surface area contributed by atoms with Crippen LogP contribution in [-0.2, 0) is 10.0 Å². The van der Waals surface area contributed by atoms with Gasteiger partial charge in [-0.05, 0) is 44.0 Å². The topological polar surface area (TPSA) is 74.3 Å². The van der Waals surface area contributed by atoms with E-state index in [0.29, 0.717) is 11.7 Å². The van der Waals surface area contributed by atoms with Crippen molar-refractivity contribution >= 4 is 15.8 Å². The van der Waals surface area contributed by atoms with Crippen molar-refractivity contribution in [2.75, 3.05) is 32.0 Å². The second-order valence-corrected chi connectivity index (χ2v) is 7.15. The maximum atomic E-state index is 12.5. The number of hydrogen-bond donors (Lipinski definition) is 2. The molecule has 110 valence electrons. The van der Waals surface area contributed by atoms with Crippen LogP contribution in [0.1, 0.15) is 12.8 Å². The summed E-state index contributed by atoms with van der Waals surface area (Å²) in [5.74, 6) is 0.853. The van der Waals surface area contributed by atoms with E-state index < -0.39 is 10.0 Å². The lowest BCUT2D eigenvalue weighted by Gasteiger charge is -2.44. The Bertz CT molecular complexity index is 582. The van der Waals surface area contributed by atoms with Gasteiger partial charge in [0, 0.05) is 25.8 Å². The molecule has 6 nitrogen and oxygen atoms in total. The Morgan fingerprint density at radius 1 is 1.35 bits per heavy atom. The fourth-order valence-electron chi connectivity index (χ4n) is 3.16. The minimum absolute atomic E-state index is 0.0208. The molecule has 1 aromatic heterocycles. The van der Waals surface area contributed by atoms with Gasteiger partial charge in [0.05, 0.1) is 0 Å². The van der Waals surface area contributed by atoms with E-state index in [1.165, 1.54) is 0 Å². The van der Waals surface area contributed by atoms with Crippen LogP contribution in [0.25, 0.3) is 0 Å². The van der Waals surface area contributed by atoms with E-state index in [2.05, 4.69) is 19.9 Å². The number of hydrogen-bond acceptors (Lipinski definition) is 5. The summed E-state index contributed by atoms with van der Waals surface area (Å²) < 4.78 is 28.0. The van der Waals surface area contributed by atoms with Crippen molar-refractivity contribution in [2.45, 2.75) is 23.8 Å². The number of nitrogens with zero attached hydrogens (tertiary/aromatic N) is 2. The summed E-state index contributed by atoms with van der Waals surface area (Å²) >= 11 is 0. The molecule has 1 unspecified atom stereocenters. The predicted molar refractivity (Wildman–Crippen MR) is 77.1 cm³/mol. The van der Waals surface area contributed by atoms with Crippen molar-refractivity contribution < 1.29 is 8.42 Å². The first kappa shape index (κ1) is 13.8. The Labute approximate surface area is 119 Å². The lowest BCUT2D eigenvalue weighted by molar-refractivity contribution is 0.0827. The zero-order valence-electron chi connectivity index (χ0n) is 11.5. The van der Waals surface area contributed by atoms with E-state index in [1.807, 2.05) is 0 Å². The molecule has 1 aromatic rings. The molecule has 0 saturated carbocycles. The van der Waals surface area contributed by atoms with Gasteiger partial charge >= 0.3 is 0 Å². The van der Waals surface area contributed by atoms with Crippen LogP contribution in [0.4, 0.5) is 5.82 Å². The zero-order chi connectivity index (χ0) is 14.2. The van der Waals surface area contributed by atoms with Crippen LogP contribution in [0.5, 0.6) is 0 Å². The van der Waals surface area contributed by atoms with E-state index >= 15 is 0 Å². The number of rotatable bonds is 4. The van der Waals surface area contributed by atoms with Crippen LogP contribution < -0.4 is 10.0 Å². The molecule has 3 saturated heterocycles. The monoisotopic (exact) mass is 296 g/mol. The molecule has 7 heteroatoms. The van der Waals surface area contributed by atoms with Crippen LogP contribution in [-0.4, -0.2) is 51.0 Å². The zero-order valence-corrected chi connectivity index (χ0v) is 12.4. The first-order valence-corrected chi connectivity index (χ1v) is 8.46. The van der Waals surface area contributed by atoms with Gasteiger partial charge in [-0.25, -0.2) is 18.1 Å². The van der Waals surface area contributed by atoms with Crippen LogP contribution in [0.2, 0.25) is 0 Å². The summed E-state index contributed by atoms with van der Waals surface area (Å²) in [5, 5.41) is 2.83. The number of nitrogens with one attached hydrogen (secondary N) is 2. The molecule has 4 heterocycles. The Kier molecular flexibility index (Phi) is 3.66. The van der Waals surface area contributed by atoms with Crippen molar-refractivity contribution in [1.82, 2.24) is 14.6 Å². The van der Waals surface area contributed by atoms with Crippen molar-refractivity contribution in [1.29, 1.82) is 0 Å². The molecule has 0 aliphatic carbocycles. The van der Waals surface area contributed by atoms with Crippen molar-refractivity contribution in [3.05, 3.63) is 18.3 Å². The third kappa shape index (κ3) is 2.53. The van der Waals surface area contributed by atoms with Crippen LogP contribution in [0.15, 0.2) is 23.2 Å². The summed E-state index contributed by atoms with van der Waals surface area (Å²) in [6.07, 6.45) is 3.75. The molecule has 20 heavy (non-hydrogen) atoms. The second kappa shape index (κ2) is 5.31. The average Bonchev–Trinajstić information content (AvgIpc) is 2.48. The highest BCUT2D eigenvalue weighted by Crippen LogP contribution is 2.29. The first-order chi connectivity index (χ1) is 9.60. The molecule has 3 fully saturated rings. The summed E-state index contributed by atoms with van der Waals surface area (Å²) in [6.45, 7) is 3.01. The lowest BCUT2D eigenvalue weighted by atomic mass is 9.85. The molecule has 4 rings (SSSR count). The highest BCUT2D eigenvalue weighted by atomic mass is 32.2. The van der Waals surface area contributed by atoms with Gasteiger partial charge in [0.15, 0.2) is 0 Å². The predicted octanol–water partition coefficient (Wildman–Crippen LogP) is 0.496. The standard InChI is InChI=1S/C13H20N4O2S/c1-14-13-12(3-2-6-15-13)20(18,19)16-11-9-17-7-4-10(11)5-8-17/h2-3,6,10-11,16H,4-5,7-9H2,1H3,(H,14,15). The van der Waals surface area contributed by atoms with E-state index in [1.54, 1.807) is 25.4 Å². The van der Waals surface area contributed by atoms with Crippen molar-refractivity contribution in [3.63, 3.8) is 0 Å². The summed E-state index contributed by atoms with van der Waals surface area (Å²) in [7, 11) is -1.85. The third-order valence-electron chi connectivity index (χ3n) is 4.26. The smallest absolute Gasteiger partial charge is 0.244 e. The fraction of sp³-hybridized carbons (Fsp3) is 0.615. The highest BCUT2D eigenvalue weighted by molar-refractivity contribution is 7.89. The number of pyridine rings is 1. The molecule has 0 amide bonds. The largest absolute Gasteiger partial charge is 0.372 e. The molecule has 0 radical (unpaired) electrons. The second-order valence-electron chi connectivity index (χ2n) is 5.47. The maximum absolute atomic E-state index is 12.5. The van der Waals surface area contributed by atoms with Gasteiger partial charge < -0.3 is 10.2 Å². The molecule has 1 atom stereocenters. The fourth-order valence-corrected chi connectivity index (χ4v) is 4.62. The molecule has 2 bridgehead atoms. The lowest BCUT2D eigenvalue weighted by Crippen LogP contribution is -2.57. The first-order valence-electron chi connectivity index (χ1n) is 6.97. The summed E-state index contributed by atoms with van der Waals surface area (Å²) in [5.41, 5.74) is 0. The number of aromatic nitrogens is 1. The van der Waals surface area contributed by atoms with Gasteiger partial charge in [-0.2, -0.15) is 0 Å². The molecule has 2 N–H and O–H groups in total. The number of piperidine rings is 3. The van der Waals surface area contributed by atoms with Gasteiger partial charge in [-0.3, -0.25) is 0 Å².